The Kier molecular flexibility index (Phi) is 4.82. The standard InChI is InChI=1S/C14H19BrN2O2/c1-9-5-6-11(15)7-12(9)17-14(19)16-8-10-3-2-4-13(10)18/h5-7,10,13,18H,2-4,8H2,1H3,(H2,16,17,19). The van der Waals surface area contributed by atoms with Crippen molar-refractivity contribution in [3.8, 4) is 0 Å². The lowest BCUT2D eigenvalue weighted by Crippen LogP contribution is -2.35. The Hall–Kier alpha value is -1.07. The van der Waals surface area contributed by atoms with Crippen LogP contribution in [0.2, 0.25) is 0 Å². The van der Waals surface area contributed by atoms with Crippen LogP contribution in [0.1, 0.15) is 24.8 Å². The van der Waals surface area contributed by atoms with Gasteiger partial charge in [0.1, 0.15) is 0 Å². The summed E-state index contributed by atoms with van der Waals surface area (Å²) in [6.07, 6.45) is 2.60. The molecule has 4 nitrogen and oxygen atoms in total. The zero-order valence-electron chi connectivity index (χ0n) is 10.9. The summed E-state index contributed by atoms with van der Waals surface area (Å²) >= 11 is 3.38. The highest BCUT2D eigenvalue weighted by atomic mass is 79.9. The summed E-state index contributed by atoms with van der Waals surface area (Å²) < 4.78 is 0.930. The van der Waals surface area contributed by atoms with Crippen molar-refractivity contribution in [3.63, 3.8) is 0 Å². The smallest absolute Gasteiger partial charge is 0.319 e. The number of carbonyl (C=O) groups is 1. The molecule has 1 aromatic carbocycles. The number of amides is 2. The first-order valence-corrected chi connectivity index (χ1v) is 7.34. The van der Waals surface area contributed by atoms with Gasteiger partial charge in [0.25, 0.3) is 0 Å². The summed E-state index contributed by atoms with van der Waals surface area (Å²) in [5.41, 5.74) is 1.80. The van der Waals surface area contributed by atoms with Gasteiger partial charge in [-0.1, -0.05) is 28.4 Å². The predicted molar refractivity (Wildman–Crippen MR) is 79.2 cm³/mol. The molecule has 1 aliphatic rings. The fraction of sp³-hybridized carbons (Fsp3) is 0.500. The number of halogens is 1. The van der Waals surface area contributed by atoms with Gasteiger partial charge >= 0.3 is 6.03 Å². The van der Waals surface area contributed by atoms with Crippen LogP contribution in [0.3, 0.4) is 0 Å². The Labute approximate surface area is 121 Å². The van der Waals surface area contributed by atoms with Crippen LogP contribution in [0.25, 0.3) is 0 Å². The zero-order chi connectivity index (χ0) is 13.8. The molecule has 1 saturated carbocycles. The summed E-state index contributed by atoms with van der Waals surface area (Å²) in [7, 11) is 0. The van der Waals surface area contributed by atoms with Gasteiger partial charge in [-0.2, -0.15) is 0 Å². The second kappa shape index (κ2) is 6.39. The number of benzene rings is 1. The Balaban J connectivity index is 1.85. The molecule has 0 saturated heterocycles. The van der Waals surface area contributed by atoms with Gasteiger partial charge in [0.2, 0.25) is 0 Å². The quantitative estimate of drug-likeness (QED) is 0.799. The number of aryl methyl sites for hydroxylation is 1. The zero-order valence-corrected chi connectivity index (χ0v) is 12.5. The van der Waals surface area contributed by atoms with Gasteiger partial charge in [-0.25, -0.2) is 4.79 Å². The molecule has 0 aliphatic heterocycles. The highest BCUT2D eigenvalue weighted by Crippen LogP contribution is 2.25. The molecule has 5 heteroatoms. The molecule has 2 atom stereocenters. The van der Waals surface area contributed by atoms with Crippen LogP contribution in [0.5, 0.6) is 0 Å². The minimum absolute atomic E-state index is 0.189. The number of carbonyl (C=O) groups excluding carboxylic acids is 1. The Morgan fingerprint density at radius 1 is 1.47 bits per heavy atom. The van der Waals surface area contributed by atoms with Crippen molar-refractivity contribution in [1.82, 2.24) is 5.32 Å². The van der Waals surface area contributed by atoms with E-state index in [9.17, 15) is 9.90 Å². The number of rotatable bonds is 3. The fourth-order valence-corrected chi connectivity index (χ4v) is 2.74. The van der Waals surface area contributed by atoms with Crippen LogP contribution >= 0.6 is 15.9 Å². The predicted octanol–water partition coefficient (Wildman–Crippen LogP) is 3.04. The molecule has 2 unspecified atom stereocenters. The van der Waals surface area contributed by atoms with Gasteiger partial charge < -0.3 is 15.7 Å². The van der Waals surface area contributed by atoms with Crippen molar-refractivity contribution in [1.29, 1.82) is 0 Å². The summed E-state index contributed by atoms with van der Waals surface area (Å²) in [6.45, 7) is 2.48. The summed E-state index contributed by atoms with van der Waals surface area (Å²) in [5.74, 6) is 0.189. The molecule has 0 bridgehead atoms. The molecule has 0 aromatic heterocycles. The lowest BCUT2D eigenvalue weighted by atomic mass is 10.1. The summed E-state index contributed by atoms with van der Waals surface area (Å²) in [6, 6.07) is 5.54. The van der Waals surface area contributed by atoms with E-state index in [2.05, 4.69) is 26.6 Å². The normalized spacial score (nSPS) is 22.3. The molecule has 2 amide bonds. The Morgan fingerprint density at radius 3 is 2.95 bits per heavy atom. The fourth-order valence-electron chi connectivity index (χ4n) is 2.37. The van der Waals surface area contributed by atoms with Gasteiger partial charge in [0.15, 0.2) is 0 Å². The van der Waals surface area contributed by atoms with Crippen molar-refractivity contribution < 1.29 is 9.90 Å². The summed E-state index contributed by atoms with van der Waals surface area (Å²) in [4.78, 5) is 11.8. The van der Waals surface area contributed by atoms with E-state index in [1.807, 2.05) is 25.1 Å². The van der Waals surface area contributed by atoms with Crippen LogP contribution < -0.4 is 10.6 Å². The van der Waals surface area contributed by atoms with Crippen molar-refractivity contribution in [3.05, 3.63) is 28.2 Å². The third-order valence-electron chi connectivity index (χ3n) is 3.59. The average molecular weight is 327 g/mol. The van der Waals surface area contributed by atoms with Gasteiger partial charge in [0.05, 0.1) is 6.10 Å². The number of hydrogen-bond acceptors (Lipinski definition) is 2. The second-order valence-corrected chi connectivity index (χ2v) is 5.97. The first-order chi connectivity index (χ1) is 9.06. The molecular formula is C14H19BrN2O2. The number of urea groups is 1. The largest absolute Gasteiger partial charge is 0.393 e. The first-order valence-electron chi connectivity index (χ1n) is 6.55. The third-order valence-corrected chi connectivity index (χ3v) is 4.08. The van der Waals surface area contributed by atoms with Crippen molar-refractivity contribution in [2.75, 3.05) is 11.9 Å². The molecule has 1 aromatic rings. The molecule has 2 rings (SSSR count). The van der Waals surface area contributed by atoms with Gasteiger partial charge in [-0.05, 0) is 37.5 Å². The highest BCUT2D eigenvalue weighted by Gasteiger charge is 2.25. The first kappa shape index (κ1) is 14.3. The van der Waals surface area contributed by atoms with Crippen LogP contribution in [0, 0.1) is 12.8 Å². The van der Waals surface area contributed by atoms with E-state index in [0.29, 0.717) is 6.54 Å². The number of aliphatic hydroxyl groups excluding tert-OH is 1. The van der Waals surface area contributed by atoms with E-state index >= 15 is 0 Å². The maximum atomic E-state index is 11.8. The van der Waals surface area contributed by atoms with E-state index < -0.39 is 0 Å². The number of aliphatic hydroxyl groups is 1. The number of anilines is 1. The van der Waals surface area contributed by atoms with Crippen LogP contribution in [0.4, 0.5) is 10.5 Å². The lowest BCUT2D eigenvalue weighted by molar-refractivity contribution is 0.133. The van der Waals surface area contributed by atoms with E-state index in [1.165, 1.54) is 0 Å². The van der Waals surface area contributed by atoms with Gasteiger partial charge in [-0.15, -0.1) is 0 Å². The maximum Gasteiger partial charge on any atom is 0.319 e. The number of nitrogens with one attached hydrogen (secondary N) is 2. The minimum Gasteiger partial charge on any atom is -0.393 e. The van der Waals surface area contributed by atoms with Crippen molar-refractivity contribution in [2.24, 2.45) is 5.92 Å². The molecule has 19 heavy (non-hydrogen) atoms. The van der Waals surface area contributed by atoms with Crippen LogP contribution in [0.15, 0.2) is 22.7 Å². The SMILES string of the molecule is Cc1ccc(Br)cc1NC(=O)NCC1CCCC1O. The molecule has 3 N–H and O–H groups in total. The molecule has 0 radical (unpaired) electrons. The Bertz CT molecular complexity index is 465. The second-order valence-electron chi connectivity index (χ2n) is 5.05. The highest BCUT2D eigenvalue weighted by molar-refractivity contribution is 9.10. The maximum absolute atomic E-state index is 11.8. The molecule has 0 spiro atoms. The van der Waals surface area contributed by atoms with E-state index in [-0.39, 0.29) is 18.1 Å². The summed E-state index contributed by atoms with van der Waals surface area (Å²) in [5, 5.41) is 15.3. The van der Waals surface area contributed by atoms with Crippen molar-refractivity contribution >= 4 is 27.6 Å². The minimum atomic E-state index is -0.270. The van der Waals surface area contributed by atoms with Crippen LogP contribution in [-0.2, 0) is 0 Å². The molecule has 0 heterocycles. The van der Waals surface area contributed by atoms with Gasteiger partial charge in [0, 0.05) is 22.6 Å². The third kappa shape index (κ3) is 3.94. The number of hydrogen-bond donors (Lipinski definition) is 3. The van der Waals surface area contributed by atoms with Crippen molar-refractivity contribution in [2.45, 2.75) is 32.3 Å². The molecular weight excluding hydrogens is 308 g/mol. The molecule has 104 valence electrons. The molecule has 1 aliphatic carbocycles. The topological polar surface area (TPSA) is 61.4 Å². The van der Waals surface area contributed by atoms with Gasteiger partial charge in [-0.3, -0.25) is 0 Å². The monoisotopic (exact) mass is 326 g/mol. The van der Waals surface area contributed by atoms with Crippen LogP contribution in [-0.4, -0.2) is 23.8 Å². The van der Waals surface area contributed by atoms with E-state index in [0.717, 1.165) is 35.0 Å². The molecule has 1 fully saturated rings. The van der Waals surface area contributed by atoms with E-state index in [1.54, 1.807) is 0 Å². The van der Waals surface area contributed by atoms with E-state index in [4.69, 9.17) is 0 Å². The Morgan fingerprint density at radius 2 is 2.26 bits per heavy atom. The lowest BCUT2D eigenvalue weighted by Gasteiger charge is -2.16. The average Bonchev–Trinajstić information content (AvgIpc) is 2.77.